The largest absolute Gasteiger partial charge is 0.403 e. The first-order chi connectivity index (χ1) is 11.7. The number of aliphatic imine (C=N–C) groups is 1. The van der Waals surface area contributed by atoms with Crippen LogP contribution in [0.25, 0.3) is 0 Å². The van der Waals surface area contributed by atoms with E-state index in [2.05, 4.69) is 15.0 Å². The van der Waals surface area contributed by atoms with Crippen molar-refractivity contribution in [2.24, 2.45) is 4.99 Å². The first-order valence-corrected chi connectivity index (χ1v) is 10.5. The molecule has 2 N–H and O–H groups in total. The van der Waals surface area contributed by atoms with Gasteiger partial charge < -0.3 is 10.2 Å². The van der Waals surface area contributed by atoms with Crippen molar-refractivity contribution in [1.82, 2.24) is 19.8 Å². The number of guanidine groups is 1. The van der Waals surface area contributed by atoms with Gasteiger partial charge in [0.25, 0.3) is 0 Å². The van der Waals surface area contributed by atoms with Gasteiger partial charge in [-0.15, -0.1) is 24.0 Å². The molecule has 0 amide bonds. The van der Waals surface area contributed by atoms with Crippen molar-refractivity contribution in [2.45, 2.75) is 45.5 Å². The second-order valence-electron chi connectivity index (χ2n) is 7.17. The van der Waals surface area contributed by atoms with Crippen LogP contribution in [0, 0.1) is 0 Å². The maximum absolute atomic E-state index is 12.9. The van der Waals surface area contributed by atoms with Crippen LogP contribution < -0.4 is 10.0 Å². The predicted molar refractivity (Wildman–Crippen MR) is 112 cm³/mol. The van der Waals surface area contributed by atoms with E-state index in [-0.39, 0.29) is 43.6 Å². The molecule has 12 heteroatoms. The number of hydrogen-bond acceptors (Lipinski definition) is 4. The topological polar surface area (TPSA) is 77.0 Å². The Bertz CT molecular complexity index is 591. The van der Waals surface area contributed by atoms with Gasteiger partial charge in [0.15, 0.2) is 5.96 Å². The van der Waals surface area contributed by atoms with Gasteiger partial charge in [-0.2, -0.15) is 13.2 Å². The predicted octanol–water partition coefficient (Wildman–Crippen LogP) is 1.47. The molecule has 1 rings (SSSR count). The maximum atomic E-state index is 12.9. The Morgan fingerprint density at radius 1 is 1.19 bits per heavy atom. The lowest BCUT2D eigenvalue weighted by atomic mass is 10.1. The molecule has 1 atom stereocenters. The van der Waals surface area contributed by atoms with Crippen LogP contribution in [-0.4, -0.2) is 87.5 Å². The number of sulfonamides is 1. The van der Waals surface area contributed by atoms with Gasteiger partial charge in [-0.05, 0) is 27.7 Å². The summed E-state index contributed by atoms with van der Waals surface area (Å²) < 4.78 is 63.9. The average Bonchev–Trinajstić information content (AvgIpc) is 2.47. The molecule has 0 aromatic carbocycles. The van der Waals surface area contributed by atoms with Crippen molar-refractivity contribution in [3.8, 4) is 0 Å². The van der Waals surface area contributed by atoms with E-state index >= 15 is 0 Å². The highest BCUT2D eigenvalue weighted by molar-refractivity contribution is 14.0. The molecule has 27 heavy (non-hydrogen) atoms. The molecule has 1 aliphatic rings. The highest BCUT2D eigenvalue weighted by Gasteiger charge is 2.41. The third kappa shape index (κ3) is 9.61. The third-order valence-corrected chi connectivity index (χ3v) is 4.98. The highest BCUT2D eigenvalue weighted by Crippen LogP contribution is 2.25. The number of nitrogens with one attached hydrogen (secondary N) is 2. The van der Waals surface area contributed by atoms with Gasteiger partial charge in [-0.25, -0.2) is 13.1 Å². The van der Waals surface area contributed by atoms with E-state index in [0.717, 1.165) is 6.26 Å². The lowest BCUT2D eigenvalue weighted by Crippen LogP contribution is -2.57. The summed E-state index contributed by atoms with van der Waals surface area (Å²) in [6.07, 6.45) is -3.15. The Morgan fingerprint density at radius 2 is 1.70 bits per heavy atom. The summed E-state index contributed by atoms with van der Waals surface area (Å²) in [6.45, 7) is 8.77. The molecule has 7 nitrogen and oxygen atoms in total. The Labute approximate surface area is 177 Å². The van der Waals surface area contributed by atoms with Crippen molar-refractivity contribution >= 4 is 40.0 Å². The molecular weight excluding hydrogens is 498 g/mol. The summed E-state index contributed by atoms with van der Waals surface area (Å²) in [4.78, 5) is 7.79. The van der Waals surface area contributed by atoms with E-state index in [0.29, 0.717) is 25.6 Å². The van der Waals surface area contributed by atoms with Crippen molar-refractivity contribution in [3.05, 3.63) is 0 Å². The number of hydrogen-bond donors (Lipinski definition) is 2. The maximum Gasteiger partial charge on any atom is 0.403 e. The standard InChI is InChI=1S/C15H30F3N5O2S.HI/c1-6-19-13(20-11-14(3,4)21-26(5,24)25)23-9-7-22(8-10-23)12(2)15(16,17)18;/h12,21H,6-11H2,1-5H3,(H,19,20);1H. The summed E-state index contributed by atoms with van der Waals surface area (Å²) >= 11 is 0. The summed E-state index contributed by atoms with van der Waals surface area (Å²) in [5.74, 6) is 0.579. The molecule has 0 saturated carbocycles. The Hall–Kier alpha value is -0.340. The van der Waals surface area contributed by atoms with E-state index in [1.54, 1.807) is 13.8 Å². The van der Waals surface area contributed by atoms with E-state index in [1.807, 2.05) is 11.8 Å². The smallest absolute Gasteiger partial charge is 0.357 e. The fraction of sp³-hybridized carbons (Fsp3) is 0.933. The SMILES string of the molecule is CCNC(=NCC(C)(C)NS(C)(=O)=O)N1CCN(C(C)C(F)(F)F)CC1.I. The molecule has 1 fully saturated rings. The number of rotatable bonds is 6. The van der Waals surface area contributed by atoms with Crippen LogP contribution in [0.1, 0.15) is 27.7 Å². The Kier molecular flexibility index (Phi) is 10.3. The van der Waals surface area contributed by atoms with Gasteiger partial charge in [-0.3, -0.25) is 9.89 Å². The Balaban J connectivity index is 0.00000676. The van der Waals surface area contributed by atoms with Crippen LogP contribution in [0.5, 0.6) is 0 Å². The number of nitrogens with zero attached hydrogens (tertiary/aromatic N) is 3. The first-order valence-electron chi connectivity index (χ1n) is 8.58. The fourth-order valence-corrected chi connectivity index (χ4v) is 3.83. The lowest BCUT2D eigenvalue weighted by Gasteiger charge is -2.40. The zero-order valence-electron chi connectivity index (χ0n) is 16.4. The van der Waals surface area contributed by atoms with Gasteiger partial charge in [0.2, 0.25) is 10.0 Å². The fourth-order valence-electron chi connectivity index (χ4n) is 2.76. The highest BCUT2D eigenvalue weighted by atomic mass is 127. The molecule has 1 aliphatic heterocycles. The quantitative estimate of drug-likeness (QED) is 0.310. The van der Waals surface area contributed by atoms with Gasteiger partial charge in [0, 0.05) is 38.3 Å². The third-order valence-electron chi connectivity index (χ3n) is 4.06. The van der Waals surface area contributed by atoms with Gasteiger partial charge >= 0.3 is 6.18 Å². The van der Waals surface area contributed by atoms with Crippen molar-refractivity contribution < 1.29 is 21.6 Å². The summed E-state index contributed by atoms with van der Waals surface area (Å²) in [7, 11) is -3.36. The molecule has 0 spiro atoms. The summed E-state index contributed by atoms with van der Waals surface area (Å²) in [6, 6.07) is -1.47. The minimum absolute atomic E-state index is 0. The second-order valence-corrected chi connectivity index (χ2v) is 8.92. The zero-order chi connectivity index (χ0) is 20.2. The summed E-state index contributed by atoms with van der Waals surface area (Å²) in [5.41, 5.74) is -0.763. The molecule has 1 saturated heterocycles. The average molecular weight is 529 g/mol. The minimum atomic E-state index is -4.23. The number of halogens is 4. The van der Waals surface area contributed by atoms with Crippen LogP contribution in [0.4, 0.5) is 13.2 Å². The second kappa shape index (κ2) is 10.4. The molecule has 0 aromatic heterocycles. The van der Waals surface area contributed by atoms with Crippen LogP contribution >= 0.6 is 24.0 Å². The molecule has 0 bridgehead atoms. The molecule has 162 valence electrons. The van der Waals surface area contributed by atoms with Crippen LogP contribution in [0.2, 0.25) is 0 Å². The number of alkyl halides is 3. The molecule has 1 unspecified atom stereocenters. The molecule has 0 aliphatic carbocycles. The van der Waals surface area contributed by atoms with E-state index < -0.39 is 27.8 Å². The Morgan fingerprint density at radius 3 is 2.11 bits per heavy atom. The minimum Gasteiger partial charge on any atom is -0.357 e. The lowest BCUT2D eigenvalue weighted by molar-refractivity contribution is -0.181. The first kappa shape index (κ1) is 26.7. The monoisotopic (exact) mass is 529 g/mol. The van der Waals surface area contributed by atoms with Gasteiger partial charge in [0.05, 0.1) is 12.8 Å². The van der Waals surface area contributed by atoms with E-state index in [4.69, 9.17) is 0 Å². The van der Waals surface area contributed by atoms with Crippen LogP contribution in [-0.2, 0) is 10.0 Å². The molecule has 0 aromatic rings. The zero-order valence-corrected chi connectivity index (χ0v) is 19.6. The van der Waals surface area contributed by atoms with Crippen LogP contribution in [0.15, 0.2) is 4.99 Å². The van der Waals surface area contributed by atoms with Gasteiger partial charge in [0.1, 0.15) is 6.04 Å². The van der Waals surface area contributed by atoms with Crippen molar-refractivity contribution in [3.63, 3.8) is 0 Å². The van der Waals surface area contributed by atoms with Crippen molar-refractivity contribution in [2.75, 3.05) is 45.5 Å². The van der Waals surface area contributed by atoms with Gasteiger partial charge in [-0.1, -0.05) is 0 Å². The molecular formula is C15H31F3IN5O2S. The molecule has 0 radical (unpaired) electrons. The number of piperazine rings is 1. The van der Waals surface area contributed by atoms with Crippen LogP contribution in [0.3, 0.4) is 0 Å². The summed E-state index contributed by atoms with van der Waals surface area (Å²) in [5, 5.41) is 3.12. The molecule has 1 heterocycles. The van der Waals surface area contributed by atoms with E-state index in [1.165, 1.54) is 11.8 Å². The van der Waals surface area contributed by atoms with Crippen molar-refractivity contribution in [1.29, 1.82) is 0 Å². The normalized spacial score (nSPS) is 18.8. The van der Waals surface area contributed by atoms with E-state index in [9.17, 15) is 21.6 Å².